The number of allylic oxidation sites excluding steroid dienone is 6. The minimum atomic E-state index is 1.20. The standard InChI is InChI=1S/C13H18S/c1-4-7-11-9-6-10-12(8-5-2)13(11)14-3/h4-5,7-8H,1,6,9-10H2,2-3H3/b8-5+,11-7+. The Hall–Kier alpha value is -0.690. The molecule has 0 aliphatic heterocycles. The van der Waals surface area contributed by atoms with Crippen molar-refractivity contribution in [1.29, 1.82) is 0 Å². The lowest BCUT2D eigenvalue weighted by atomic mass is 9.94. The van der Waals surface area contributed by atoms with Gasteiger partial charge in [-0.15, -0.1) is 11.8 Å². The predicted molar refractivity (Wildman–Crippen MR) is 67.5 cm³/mol. The van der Waals surface area contributed by atoms with E-state index in [4.69, 9.17) is 0 Å². The molecule has 0 N–H and O–H groups in total. The van der Waals surface area contributed by atoms with E-state index < -0.39 is 0 Å². The summed E-state index contributed by atoms with van der Waals surface area (Å²) in [6.07, 6.45) is 14.2. The van der Waals surface area contributed by atoms with E-state index in [2.05, 4.69) is 38.0 Å². The summed E-state index contributed by atoms with van der Waals surface area (Å²) >= 11 is 1.85. The molecule has 0 bridgehead atoms. The zero-order valence-corrected chi connectivity index (χ0v) is 9.86. The second kappa shape index (κ2) is 5.92. The molecule has 1 rings (SSSR count). The maximum absolute atomic E-state index is 3.77. The number of rotatable bonds is 3. The molecular formula is C13H18S. The van der Waals surface area contributed by atoms with Gasteiger partial charge in [0.15, 0.2) is 0 Å². The Balaban J connectivity index is 3.06. The largest absolute Gasteiger partial charge is 0.129 e. The van der Waals surface area contributed by atoms with Gasteiger partial charge >= 0.3 is 0 Å². The first-order chi connectivity index (χ1) is 6.83. The summed E-state index contributed by atoms with van der Waals surface area (Å²) in [6, 6.07) is 0. The second-order valence-electron chi connectivity index (χ2n) is 3.34. The maximum atomic E-state index is 3.77. The average Bonchev–Trinajstić information content (AvgIpc) is 2.19. The van der Waals surface area contributed by atoms with Crippen LogP contribution >= 0.6 is 11.8 Å². The lowest BCUT2D eigenvalue weighted by Crippen LogP contribution is -1.99. The summed E-state index contributed by atoms with van der Waals surface area (Å²) in [4.78, 5) is 1.45. The third-order valence-electron chi connectivity index (χ3n) is 2.37. The van der Waals surface area contributed by atoms with Crippen molar-refractivity contribution < 1.29 is 0 Å². The highest BCUT2D eigenvalue weighted by Crippen LogP contribution is 2.36. The molecule has 0 aromatic carbocycles. The Morgan fingerprint density at radius 2 is 2.14 bits per heavy atom. The lowest BCUT2D eigenvalue weighted by molar-refractivity contribution is 0.793. The van der Waals surface area contributed by atoms with Crippen molar-refractivity contribution in [2.75, 3.05) is 6.26 Å². The molecule has 0 aromatic rings. The smallest absolute Gasteiger partial charge is 0.0133 e. The van der Waals surface area contributed by atoms with Crippen LogP contribution in [0.15, 0.2) is 46.9 Å². The van der Waals surface area contributed by atoms with Crippen molar-refractivity contribution in [3.05, 3.63) is 46.9 Å². The molecule has 0 saturated heterocycles. The van der Waals surface area contributed by atoms with Crippen LogP contribution in [0.3, 0.4) is 0 Å². The lowest BCUT2D eigenvalue weighted by Gasteiger charge is -2.19. The third kappa shape index (κ3) is 2.65. The van der Waals surface area contributed by atoms with Crippen LogP contribution in [0.4, 0.5) is 0 Å². The summed E-state index contributed by atoms with van der Waals surface area (Å²) in [5.41, 5.74) is 2.94. The second-order valence-corrected chi connectivity index (χ2v) is 4.16. The predicted octanol–water partition coefficient (Wildman–Crippen LogP) is 4.48. The number of hydrogen-bond donors (Lipinski definition) is 0. The molecule has 76 valence electrons. The van der Waals surface area contributed by atoms with Gasteiger partial charge in [-0.1, -0.05) is 30.9 Å². The van der Waals surface area contributed by atoms with Crippen LogP contribution < -0.4 is 0 Å². The van der Waals surface area contributed by atoms with E-state index in [0.29, 0.717) is 0 Å². The fourth-order valence-electron chi connectivity index (χ4n) is 1.83. The van der Waals surface area contributed by atoms with Gasteiger partial charge in [-0.3, -0.25) is 0 Å². The molecule has 0 spiro atoms. The Kier molecular flexibility index (Phi) is 4.81. The topological polar surface area (TPSA) is 0 Å². The Bertz CT molecular complexity index is 292. The van der Waals surface area contributed by atoms with Crippen LogP contribution in [0.5, 0.6) is 0 Å². The molecule has 0 radical (unpaired) electrons. The van der Waals surface area contributed by atoms with E-state index in [1.807, 2.05) is 17.8 Å². The van der Waals surface area contributed by atoms with E-state index >= 15 is 0 Å². The van der Waals surface area contributed by atoms with Gasteiger partial charge in [0.05, 0.1) is 0 Å². The summed E-state index contributed by atoms with van der Waals surface area (Å²) < 4.78 is 0. The molecule has 0 atom stereocenters. The van der Waals surface area contributed by atoms with Gasteiger partial charge in [-0.2, -0.15) is 0 Å². The Morgan fingerprint density at radius 3 is 2.71 bits per heavy atom. The van der Waals surface area contributed by atoms with Gasteiger partial charge in [0.25, 0.3) is 0 Å². The normalized spacial score (nSPS) is 20.9. The molecule has 1 aliphatic rings. The van der Waals surface area contributed by atoms with Crippen LogP contribution in [0.2, 0.25) is 0 Å². The molecule has 0 unspecified atom stereocenters. The highest BCUT2D eigenvalue weighted by molar-refractivity contribution is 8.02. The monoisotopic (exact) mass is 206 g/mol. The molecule has 0 nitrogen and oxygen atoms in total. The SMILES string of the molecule is C=C/C=C1\CCCC(/C=C/C)=C1SC. The van der Waals surface area contributed by atoms with E-state index in [1.165, 1.54) is 35.3 Å². The Morgan fingerprint density at radius 1 is 1.36 bits per heavy atom. The van der Waals surface area contributed by atoms with Crippen LogP contribution in [0.25, 0.3) is 0 Å². The van der Waals surface area contributed by atoms with Crippen LogP contribution in [0, 0.1) is 0 Å². The molecule has 0 saturated carbocycles. The molecule has 0 fully saturated rings. The minimum Gasteiger partial charge on any atom is -0.129 e. The maximum Gasteiger partial charge on any atom is 0.0133 e. The van der Waals surface area contributed by atoms with Crippen LogP contribution in [-0.4, -0.2) is 6.26 Å². The molecule has 0 heterocycles. The number of thioether (sulfide) groups is 1. The molecule has 0 amide bonds. The number of hydrogen-bond acceptors (Lipinski definition) is 1. The first-order valence-corrected chi connectivity index (χ1v) is 6.27. The van der Waals surface area contributed by atoms with Crippen molar-refractivity contribution in [2.24, 2.45) is 0 Å². The van der Waals surface area contributed by atoms with Gasteiger partial charge in [-0.25, -0.2) is 0 Å². The van der Waals surface area contributed by atoms with Crippen molar-refractivity contribution in [3.8, 4) is 0 Å². The third-order valence-corrected chi connectivity index (χ3v) is 3.30. The van der Waals surface area contributed by atoms with Gasteiger partial charge in [0.2, 0.25) is 0 Å². The Labute approximate surface area is 91.5 Å². The zero-order chi connectivity index (χ0) is 10.4. The van der Waals surface area contributed by atoms with Gasteiger partial charge in [0, 0.05) is 4.91 Å². The fraction of sp³-hybridized carbons (Fsp3) is 0.385. The summed E-state index contributed by atoms with van der Waals surface area (Å²) in [5.74, 6) is 0. The van der Waals surface area contributed by atoms with E-state index in [-0.39, 0.29) is 0 Å². The van der Waals surface area contributed by atoms with Gasteiger partial charge in [-0.05, 0) is 43.6 Å². The van der Waals surface area contributed by atoms with Crippen molar-refractivity contribution >= 4 is 11.8 Å². The van der Waals surface area contributed by atoms with Crippen LogP contribution in [-0.2, 0) is 0 Å². The van der Waals surface area contributed by atoms with Gasteiger partial charge in [0.1, 0.15) is 0 Å². The molecule has 14 heavy (non-hydrogen) atoms. The highest BCUT2D eigenvalue weighted by atomic mass is 32.2. The average molecular weight is 206 g/mol. The van der Waals surface area contributed by atoms with E-state index in [0.717, 1.165) is 0 Å². The van der Waals surface area contributed by atoms with Gasteiger partial charge < -0.3 is 0 Å². The minimum absolute atomic E-state index is 1.20. The van der Waals surface area contributed by atoms with Crippen molar-refractivity contribution in [2.45, 2.75) is 26.2 Å². The molecule has 1 heteroatoms. The first kappa shape index (κ1) is 11.4. The fourth-order valence-corrected chi connectivity index (χ4v) is 2.69. The van der Waals surface area contributed by atoms with Crippen LogP contribution in [0.1, 0.15) is 26.2 Å². The zero-order valence-electron chi connectivity index (χ0n) is 9.05. The van der Waals surface area contributed by atoms with Crippen molar-refractivity contribution in [1.82, 2.24) is 0 Å². The van der Waals surface area contributed by atoms with E-state index in [9.17, 15) is 0 Å². The van der Waals surface area contributed by atoms with E-state index in [1.54, 1.807) is 0 Å². The molecular weight excluding hydrogens is 188 g/mol. The molecule has 1 aliphatic carbocycles. The summed E-state index contributed by atoms with van der Waals surface area (Å²) in [5, 5.41) is 0. The highest BCUT2D eigenvalue weighted by Gasteiger charge is 2.13. The summed E-state index contributed by atoms with van der Waals surface area (Å²) in [6.45, 7) is 5.85. The first-order valence-electron chi connectivity index (χ1n) is 5.05. The van der Waals surface area contributed by atoms with Crippen molar-refractivity contribution in [3.63, 3.8) is 0 Å². The molecule has 0 aromatic heterocycles. The summed E-state index contributed by atoms with van der Waals surface area (Å²) in [7, 11) is 0. The quantitative estimate of drug-likeness (QED) is 0.656.